The standard InChI is InChI=1S/C28H26ClN5O3/c1-32(21-14-9-16-30-25(21)29)26(35)22-24(37-3)27(36)33(2)28(31-22)34-17-15-18-10-7-8-13-20(18)23(34)19-11-5-4-6-12-19/h4-14,16,23H,15,17H2,1-3H3. The lowest BCUT2D eigenvalue weighted by Crippen LogP contribution is -2.41. The maximum absolute atomic E-state index is 13.7. The molecular weight excluding hydrogens is 490 g/mol. The average molecular weight is 516 g/mol. The van der Waals surface area contributed by atoms with Gasteiger partial charge in [0.2, 0.25) is 11.7 Å². The van der Waals surface area contributed by atoms with Crippen molar-refractivity contribution in [2.75, 3.05) is 30.5 Å². The smallest absolute Gasteiger partial charge is 0.297 e. The molecule has 2 aromatic carbocycles. The molecule has 0 radical (unpaired) electrons. The Kier molecular flexibility index (Phi) is 6.67. The summed E-state index contributed by atoms with van der Waals surface area (Å²) in [6.07, 6.45) is 2.31. The molecule has 1 aliphatic heterocycles. The Bertz CT molecular complexity index is 1520. The van der Waals surface area contributed by atoms with E-state index in [1.165, 1.54) is 28.3 Å². The van der Waals surface area contributed by atoms with Gasteiger partial charge in [-0.3, -0.25) is 14.2 Å². The van der Waals surface area contributed by atoms with Crippen molar-refractivity contribution in [3.8, 4) is 5.75 Å². The molecule has 1 unspecified atom stereocenters. The largest absolute Gasteiger partial charge is 0.489 e. The van der Waals surface area contributed by atoms with Gasteiger partial charge in [0, 0.05) is 26.8 Å². The van der Waals surface area contributed by atoms with Gasteiger partial charge in [-0.05, 0) is 35.2 Å². The monoisotopic (exact) mass is 515 g/mol. The minimum Gasteiger partial charge on any atom is -0.489 e. The van der Waals surface area contributed by atoms with Crippen molar-refractivity contribution in [1.29, 1.82) is 0 Å². The number of ether oxygens (including phenoxy) is 1. The van der Waals surface area contributed by atoms with Crippen LogP contribution in [0.1, 0.15) is 33.2 Å². The quantitative estimate of drug-likeness (QED) is 0.369. The zero-order chi connectivity index (χ0) is 26.1. The molecule has 8 nitrogen and oxygen atoms in total. The van der Waals surface area contributed by atoms with Crippen molar-refractivity contribution in [2.24, 2.45) is 7.05 Å². The number of pyridine rings is 1. The second-order valence-electron chi connectivity index (χ2n) is 8.79. The molecule has 5 rings (SSSR count). The Hall–Kier alpha value is -4.17. The van der Waals surface area contributed by atoms with Crippen LogP contribution in [-0.4, -0.2) is 41.1 Å². The predicted molar refractivity (Wildman–Crippen MR) is 144 cm³/mol. The first-order valence-electron chi connectivity index (χ1n) is 11.8. The van der Waals surface area contributed by atoms with Gasteiger partial charge in [-0.1, -0.05) is 66.2 Å². The molecule has 188 valence electrons. The van der Waals surface area contributed by atoms with Gasteiger partial charge in [-0.25, -0.2) is 9.97 Å². The van der Waals surface area contributed by atoms with E-state index >= 15 is 0 Å². The summed E-state index contributed by atoms with van der Waals surface area (Å²) >= 11 is 6.24. The Balaban J connectivity index is 1.67. The summed E-state index contributed by atoms with van der Waals surface area (Å²) in [4.78, 5) is 39.3. The van der Waals surface area contributed by atoms with E-state index in [1.807, 2.05) is 30.3 Å². The third kappa shape index (κ3) is 4.34. The average Bonchev–Trinajstić information content (AvgIpc) is 2.93. The lowest BCUT2D eigenvalue weighted by Gasteiger charge is -2.39. The fourth-order valence-electron chi connectivity index (χ4n) is 4.83. The molecular formula is C28H26ClN5O3. The molecule has 1 aliphatic rings. The van der Waals surface area contributed by atoms with Crippen molar-refractivity contribution >= 4 is 29.1 Å². The van der Waals surface area contributed by atoms with E-state index in [-0.39, 0.29) is 22.6 Å². The van der Waals surface area contributed by atoms with Crippen LogP contribution in [0.2, 0.25) is 5.15 Å². The van der Waals surface area contributed by atoms with Gasteiger partial charge in [-0.15, -0.1) is 0 Å². The molecule has 37 heavy (non-hydrogen) atoms. The number of amides is 1. The van der Waals surface area contributed by atoms with E-state index in [0.29, 0.717) is 18.2 Å². The van der Waals surface area contributed by atoms with E-state index in [0.717, 1.165) is 17.5 Å². The third-order valence-corrected chi connectivity index (χ3v) is 6.98. The maximum atomic E-state index is 13.7. The predicted octanol–water partition coefficient (Wildman–Crippen LogP) is 4.27. The number of aromatic nitrogens is 3. The molecule has 2 aromatic heterocycles. The Morgan fingerprint density at radius 3 is 2.54 bits per heavy atom. The zero-order valence-corrected chi connectivity index (χ0v) is 21.5. The lowest BCUT2D eigenvalue weighted by atomic mass is 9.88. The number of hydrogen-bond donors (Lipinski definition) is 0. The first-order valence-corrected chi connectivity index (χ1v) is 12.2. The number of halogens is 1. The summed E-state index contributed by atoms with van der Waals surface area (Å²) in [5, 5.41) is 0.165. The molecule has 4 aromatic rings. The van der Waals surface area contributed by atoms with Crippen LogP contribution < -0.4 is 20.1 Å². The maximum Gasteiger partial charge on any atom is 0.297 e. The summed E-state index contributed by atoms with van der Waals surface area (Å²) < 4.78 is 6.83. The first-order chi connectivity index (χ1) is 17.9. The van der Waals surface area contributed by atoms with E-state index in [4.69, 9.17) is 21.3 Å². The number of methoxy groups -OCH3 is 1. The van der Waals surface area contributed by atoms with Crippen LogP contribution in [0.3, 0.4) is 0 Å². The second kappa shape index (κ2) is 10.1. The topological polar surface area (TPSA) is 80.6 Å². The molecule has 0 saturated heterocycles. The van der Waals surface area contributed by atoms with Crippen molar-refractivity contribution in [3.05, 3.63) is 111 Å². The number of carbonyl (C=O) groups is 1. The Morgan fingerprint density at radius 2 is 1.81 bits per heavy atom. The van der Waals surface area contributed by atoms with E-state index in [2.05, 4.69) is 34.1 Å². The van der Waals surface area contributed by atoms with Crippen LogP contribution in [0, 0.1) is 0 Å². The number of anilines is 2. The molecule has 0 saturated carbocycles. The van der Waals surface area contributed by atoms with E-state index < -0.39 is 11.5 Å². The highest BCUT2D eigenvalue weighted by Crippen LogP contribution is 2.37. The zero-order valence-electron chi connectivity index (χ0n) is 20.8. The van der Waals surface area contributed by atoms with E-state index in [1.54, 1.807) is 26.2 Å². The van der Waals surface area contributed by atoms with Crippen LogP contribution in [-0.2, 0) is 13.5 Å². The van der Waals surface area contributed by atoms with Gasteiger partial charge in [0.05, 0.1) is 18.8 Å². The van der Waals surface area contributed by atoms with Gasteiger partial charge < -0.3 is 14.5 Å². The first kappa shape index (κ1) is 24.5. The van der Waals surface area contributed by atoms with Crippen LogP contribution in [0.15, 0.2) is 77.7 Å². The van der Waals surface area contributed by atoms with Crippen LogP contribution in [0.25, 0.3) is 0 Å². The van der Waals surface area contributed by atoms with Gasteiger partial charge in [-0.2, -0.15) is 0 Å². The van der Waals surface area contributed by atoms with Crippen LogP contribution >= 0.6 is 11.6 Å². The summed E-state index contributed by atoms with van der Waals surface area (Å²) in [6.45, 7) is 0.612. The molecule has 0 fully saturated rings. The minimum atomic E-state index is -0.528. The molecule has 0 aliphatic carbocycles. The van der Waals surface area contributed by atoms with Crippen LogP contribution in [0.4, 0.5) is 11.6 Å². The molecule has 1 atom stereocenters. The van der Waals surface area contributed by atoms with Crippen molar-refractivity contribution in [3.63, 3.8) is 0 Å². The lowest BCUT2D eigenvalue weighted by molar-refractivity contribution is 0.0984. The molecule has 9 heteroatoms. The number of nitrogens with zero attached hydrogens (tertiary/aromatic N) is 5. The Labute approximate surface area is 219 Å². The number of hydrogen-bond acceptors (Lipinski definition) is 6. The van der Waals surface area contributed by atoms with Crippen molar-refractivity contribution < 1.29 is 9.53 Å². The highest BCUT2D eigenvalue weighted by atomic mass is 35.5. The molecule has 3 heterocycles. The fourth-order valence-corrected chi connectivity index (χ4v) is 5.07. The van der Waals surface area contributed by atoms with Gasteiger partial charge >= 0.3 is 0 Å². The molecule has 1 amide bonds. The SMILES string of the molecule is COc1c(C(=O)N(C)c2cccnc2Cl)nc(N2CCc3ccccc3C2c2ccccc2)n(C)c1=O. The summed E-state index contributed by atoms with van der Waals surface area (Å²) in [5.41, 5.74) is 3.30. The number of rotatable bonds is 5. The van der Waals surface area contributed by atoms with Crippen molar-refractivity contribution in [1.82, 2.24) is 14.5 Å². The molecule has 0 spiro atoms. The third-order valence-electron chi connectivity index (χ3n) is 6.69. The summed E-state index contributed by atoms with van der Waals surface area (Å²) in [5.74, 6) is -0.278. The highest BCUT2D eigenvalue weighted by Gasteiger charge is 2.34. The van der Waals surface area contributed by atoms with Gasteiger partial charge in [0.25, 0.3) is 11.5 Å². The van der Waals surface area contributed by atoms with E-state index in [9.17, 15) is 9.59 Å². The number of benzene rings is 2. The summed E-state index contributed by atoms with van der Waals surface area (Å²) in [7, 11) is 4.56. The summed E-state index contributed by atoms with van der Waals surface area (Å²) in [6, 6.07) is 21.5. The van der Waals surface area contributed by atoms with Gasteiger partial charge in [0.1, 0.15) is 0 Å². The number of fused-ring (bicyclic) bond motifs is 1. The highest BCUT2D eigenvalue weighted by molar-refractivity contribution is 6.32. The fraction of sp³-hybridized carbons (Fsp3) is 0.214. The van der Waals surface area contributed by atoms with Gasteiger partial charge in [0.15, 0.2) is 10.8 Å². The normalized spacial score (nSPS) is 14.7. The minimum absolute atomic E-state index is 0.0892. The van der Waals surface area contributed by atoms with Crippen molar-refractivity contribution in [2.45, 2.75) is 12.5 Å². The molecule has 0 N–H and O–H groups in total. The Morgan fingerprint density at radius 1 is 1.08 bits per heavy atom. The number of carbonyl (C=O) groups excluding carboxylic acids is 1. The molecule has 0 bridgehead atoms. The van der Waals surface area contributed by atoms with Crippen LogP contribution in [0.5, 0.6) is 5.75 Å². The second-order valence-corrected chi connectivity index (χ2v) is 9.15.